The fraction of sp³-hybridized carbons (Fsp3) is 0.467. The van der Waals surface area contributed by atoms with E-state index in [0.717, 1.165) is 12.8 Å². The van der Waals surface area contributed by atoms with Crippen molar-refractivity contribution in [2.75, 3.05) is 27.3 Å². The van der Waals surface area contributed by atoms with Crippen LogP contribution in [0.5, 0.6) is 5.75 Å². The average molecular weight is 292 g/mol. The molecule has 0 aliphatic carbocycles. The van der Waals surface area contributed by atoms with Gasteiger partial charge in [0.15, 0.2) is 0 Å². The predicted octanol–water partition coefficient (Wildman–Crippen LogP) is 1.66. The number of carbonyl (C=O) groups excluding carboxylic acids is 2. The van der Waals surface area contributed by atoms with Gasteiger partial charge in [0.05, 0.1) is 14.2 Å². The number of rotatable bonds is 3. The summed E-state index contributed by atoms with van der Waals surface area (Å²) in [5.74, 6) is 0.661. The Kier molecular flexibility index (Phi) is 5.03. The van der Waals surface area contributed by atoms with Crippen LogP contribution in [0, 0.1) is 0 Å². The Bertz CT molecular complexity index is 510. The molecule has 1 heterocycles. The number of likely N-dealkylation sites (tertiary alicyclic amines) is 1. The molecule has 0 spiro atoms. The van der Waals surface area contributed by atoms with Crippen molar-refractivity contribution < 1.29 is 19.1 Å². The molecule has 2 amide bonds. The third-order valence-electron chi connectivity index (χ3n) is 3.61. The van der Waals surface area contributed by atoms with Gasteiger partial charge in [0.1, 0.15) is 5.75 Å². The molecule has 0 saturated carbocycles. The zero-order chi connectivity index (χ0) is 15.2. The number of piperidine rings is 1. The first-order chi connectivity index (χ1) is 10.1. The molecule has 6 nitrogen and oxygen atoms in total. The fourth-order valence-corrected chi connectivity index (χ4v) is 2.39. The summed E-state index contributed by atoms with van der Waals surface area (Å²) in [6, 6.07) is 7.19. The number of benzene rings is 1. The second kappa shape index (κ2) is 6.97. The fourth-order valence-electron chi connectivity index (χ4n) is 2.39. The predicted molar refractivity (Wildman–Crippen MR) is 77.5 cm³/mol. The third kappa shape index (κ3) is 3.87. The SMILES string of the molecule is COC(=O)NC1CCN(C(=O)c2cccc(OC)c2)CC1. The monoisotopic (exact) mass is 292 g/mol. The average Bonchev–Trinajstić information content (AvgIpc) is 2.54. The first-order valence-corrected chi connectivity index (χ1v) is 6.92. The number of carbonyl (C=O) groups is 2. The van der Waals surface area contributed by atoms with Crippen molar-refractivity contribution >= 4 is 12.0 Å². The molecule has 0 aromatic heterocycles. The van der Waals surface area contributed by atoms with E-state index in [1.807, 2.05) is 6.07 Å². The number of nitrogens with one attached hydrogen (secondary N) is 1. The van der Waals surface area contributed by atoms with Crippen molar-refractivity contribution in [3.05, 3.63) is 29.8 Å². The van der Waals surface area contributed by atoms with E-state index in [0.29, 0.717) is 24.4 Å². The van der Waals surface area contributed by atoms with Crippen LogP contribution >= 0.6 is 0 Å². The van der Waals surface area contributed by atoms with Crippen LogP contribution in [-0.2, 0) is 4.74 Å². The number of hydrogen-bond donors (Lipinski definition) is 1. The molecule has 21 heavy (non-hydrogen) atoms. The van der Waals surface area contributed by atoms with Gasteiger partial charge in [-0.15, -0.1) is 0 Å². The van der Waals surface area contributed by atoms with E-state index in [-0.39, 0.29) is 11.9 Å². The van der Waals surface area contributed by atoms with Crippen LogP contribution < -0.4 is 10.1 Å². The Morgan fingerprint density at radius 3 is 2.57 bits per heavy atom. The minimum atomic E-state index is -0.424. The number of methoxy groups -OCH3 is 2. The number of nitrogens with zero attached hydrogens (tertiary/aromatic N) is 1. The molecule has 0 atom stereocenters. The Balaban J connectivity index is 1.92. The molecular formula is C15H20N2O4. The van der Waals surface area contributed by atoms with Crippen LogP contribution in [0.2, 0.25) is 0 Å². The lowest BCUT2D eigenvalue weighted by molar-refractivity contribution is 0.0704. The van der Waals surface area contributed by atoms with Crippen LogP contribution in [0.15, 0.2) is 24.3 Å². The quantitative estimate of drug-likeness (QED) is 0.920. The van der Waals surface area contributed by atoms with Crippen molar-refractivity contribution in [1.82, 2.24) is 10.2 Å². The van der Waals surface area contributed by atoms with Crippen molar-refractivity contribution in [2.24, 2.45) is 0 Å². The molecule has 1 aromatic carbocycles. The van der Waals surface area contributed by atoms with Crippen LogP contribution in [-0.4, -0.2) is 50.3 Å². The molecule has 1 fully saturated rings. The van der Waals surface area contributed by atoms with Crippen molar-refractivity contribution in [2.45, 2.75) is 18.9 Å². The largest absolute Gasteiger partial charge is 0.497 e. The van der Waals surface area contributed by atoms with E-state index in [2.05, 4.69) is 10.1 Å². The molecule has 1 saturated heterocycles. The highest BCUT2D eigenvalue weighted by Gasteiger charge is 2.24. The molecule has 0 bridgehead atoms. The maximum absolute atomic E-state index is 12.4. The van der Waals surface area contributed by atoms with Crippen LogP contribution in [0.25, 0.3) is 0 Å². The van der Waals surface area contributed by atoms with Gasteiger partial charge in [-0.1, -0.05) is 6.07 Å². The summed E-state index contributed by atoms with van der Waals surface area (Å²) < 4.78 is 9.71. The molecule has 0 unspecified atom stereocenters. The van der Waals surface area contributed by atoms with Crippen molar-refractivity contribution in [3.63, 3.8) is 0 Å². The van der Waals surface area contributed by atoms with Gasteiger partial charge < -0.3 is 19.7 Å². The highest BCUT2D eigenvalue weighted by molar-refractivity contribution is 5.94. The molecule has 1 N–H and O–H groups in total. The lowest BCUT2D eigenvalue weighted by atomic mass is 10.0. The zero-order valence-corrected chi connectivity index (χ0v) is 12.3. The summed E-state index contributed by atoms with van der Waals surface area (Å²) >= 11 is 0. The summed E-state index contributed by atoms with van der Waals surface area (Å²) in [5, 5.41) is 2.77. The first-order valence-electron chi connectivity index (χ1n) is 6.92. The number of amides is 2. The van der Waals surface area contributed by atoms with Crippen LogP contribution in [0.4, 0.5) is 4.79 Å². The topological polar surface area (TPSA) is 67.9 Å². The summed E-state index contributed by atoms with van der Waals surface area (Å²) in [6.07, 6.45) is 1.03. The van der Waals surface area contributed by atoms with Gasteiger partial charge in [-0.05, 0) is 31.0 Å². The highest BCUT2D eigenvalue weighted by atomic mass is 16.5. The molecule has 2 rings (SSSR count). The molecule has 1 aromatic rings. The van der Waals surface area contributed by atoms with E-state index in [9.17, 15) is 9.59 Å². The van der Waals surface area contributed by atoms with Gasteiger partial charge in [0.2, 0.25) is 0 Å². The minimum absolute atomic E-state index is 0.00887. The zero-order valence-electron chi connectivity index (χ0n) is 12.3. The van der Waals surface area contributed by atoms with Crippen molar-refractivity contribution in [3.8, 4) is 5.75 Å². The molecule has 1 aliphatic heterocycles. The van der Waals surface area contributed by atoms with Crippen molar-refractivity contribution in [1.29, 1.82) is 0 Å². The maximum Gasteiger partial charge on any atom is 0.407 e. The van der Waals surface area contributed by atoms with Gasteiger partial charge >= 0.3 is 6.09 Å². The normalized spacial score (nSPS) is 15.4. The maximum atomic E-state index is 12.4. The Hall–Kier alpha value is -2.24. The number of alkyl carbamates (subject to hydrolysis) is 1. The highest BCUT2D eigenvalue weighted by Crippen LogP contribution is 2.17. The van der Waals surface area contributed by atoms with Crippen LogP contribution in [0.1, 0.15) is 23.2 Å². The van der Waals surface area contributed by atoms with E-state index in [1.54, 1.807) is 30.2 Å². The molecule has 114 valence electrons. The van der Waals surface area contributed by atoms with Gasteiger partial charge in [0, 0.05) is 24.7 Å². The second-order valence-corrected chi connectivity index (χ2v) is 4.93. The number of hydrogen-bond acceptors (Lipinski definition) is 4. The van der Waals surface area contributed by atoms with E-state index in [1.165, 1.54) is 7.11 Å². The second-order valence-electron chi connectivity index (χ2n) is 4.93. The molecule has 1 aliphatic rings. The first kappa shape index (κ1) is 15.2. The van der Waals surface area contributed by atoms with Gasteiger partial charge in [-0.2, -0.15) is 0 Å². The lowest BCUT2D eigenvalue weighted by Crippen LogP contribution is -2.46. The van der Waals surface area contributed by atoms with E-state index < -0.39 is 6.09 Å². The molecule has 6 heteroatoms. The molecule has 0 radical (unpaired) electrons. The molecular weight excluding hydrogens is 272 g/mol. The third-order valence-corrected chi connectivity index (χ3v) is 3.61. The number of ether oxygens (including phenoxy) is 2. The Labute approximate surface area is 124 Å². The van der Waals surface area contributed by atoms with E-state index >= 15 is 0 Å². The summed E-state index contributed by atoms with van der Waals surface area (Å²) in [6.45, 7) is 1.23. The standard InChI is InChI=1S/C15H20N2O4/c1-20-13-5-3-4-11(10-13)14(18)17-8-6-12(7-9-17)16-15(19)21-2/h3-5,10,12H,6-9H2,1-2H3,(H,16,19). The Morgan fingerprint density at radius 2 is 1.95 bits per heavy atom. The lowest BCUT2D eigenvalue weighted by Gasteiger charge is -2.32. The summed E-state index contributed by atoms with van der Waals surface area (Å²) in [4.78, 5) is 25.4. The van der Waals surface area contributed by atoms with Crippen LogP contribution in [0.3, 0.4) is 0 Å². The minimum Gasteiger partial charge on any atom is -0.497 e. The Morgan fingerprint density at radius 1 is 1.24 bits per heavy atom. The van der Waals surface area contributed by atoms with Gasteiger partial charge in [-0.25, -0.2) is 4.79 Å². The van der Waals surface area contributed by atoms with Gasteiger partial charge in [-0.3, -0.25) is 4.79 Å². The van der Waals surface area contributed by atoms with E-state index in [4.69, 9.17) is 4.74 Å². The summed E-state index contributed by atoms with van der Waals surface area (Å²) in [5.41, 5.74) is 0.619. The summed E-state index contributed by atoms with van der Waals surface area (Å²) in [7, 11) is 2.92. The van der Waals surface area contributed by atoms with Gasteiger partial charge in [0.25, 0.3) is 5.91 Å². The smallest absolute Gasteiger partial charge is 0.407 e.